The minimum Gasteiger partial charge on any atom is -0.465 e. The van der Waals surface area contributed by atoms with Gasteiger partial charge in [-0.1, -0.05) is 6.08 Å². The van der Waals surface area contributed by atoms with Crippen LogP contribution in [0.4, 0.5) is 22.0 Å². The first-order valence-electron chi connectivity index (χ1n) is 9.04. The van der Waals surface area contributed by atoms with Gasteiger partial charge >= 0.3 is 24.1 Å². The Morgan fingerprint density at radius 1 is 1.03 bits per heavy atom. The molecule has 1 unspecified atom stereocenters. The number of carbonyl (C=O) groups excluding carboxylic acids is 3. The van der Waals surface area contributed by atoms with Gasteiger partial charge in [-0.3, -0.25) is 4.79 Å². The van der Waals surface area contributed by atoms with E-state index in [4.69, 9.17) is 4.74 Å². The summed E-state index contributed by atoms with van der Waals surface area (Å²) in [6.07, 6.45) is -8.47. The molecule has 0 fully saturated rings. The van der Waals surface area contributed by atoms with Crippen molar-refractivity contribution < 1.29 is 50.5 Å². The van der Waals surface area contributed by atoms with Crippen molar-refractivity contribution in [2.45, 2.75) is 51.3 Å². The van der Waals surface area contributed by atoms with Crippen LogP contribution in [0.3, 0.4) is 0 Å². The maximum absolute atomic E-state index is 13.7. The topological polar surface area (TPSA) is 91.8 Å². The summed E-state index contributed by atoms with van der Waals surface area (Å²) in [6.45, 7) is 7.76. The second kappa shape index (κ2) is 10.0. The van der Waals surface area contributed by atoms with Crippen molar-refractivity contribution in [3.05, 3.63) is 40.7 Å². The molecule has 0 radical (unpaired) electrons. The molecule has 0 bridgehead atoms. The lowest BCUT2D eigenvalue weighted by molar-refractivity contribution is -0.157. The molecule has 0 aliphatic heterocycles. The lowest BCUT2D eigenvalue weighted by Crippen LogP contribution is -2.32. The molecule has 0 aliphatic rings. The third kappa shape index (κ3) is 6.01. The fourth-order valence-electron chi connectivity index (χ4n) is 2.83. The number of carbonyl (C=O) groups is 3. The highest BCUT2D eigenvalue weighted by Crippen LogP contribution is 2.41. The first-order valence-corrected chi connectivity index (χ1v) is 9.04. The van der Waals surface area contributed by atoms with Gasteiger partial charge in [0, 0.05) is 0 Å². The summed E-state index contributed by atoms with van der Waals surface area (Å²) < 4.78 is 82.7. The number of allylic oxidation sites excluding steroid dienone is 1. The van der Waals surface area contributed by atoms with Crippen LogP contribution in [0.1, 0.15) is 77.2 Å². The molecule has 0 N–H and O–H groups in total. The number of methoxy groups -OCH3 is 2. The second-order valence-electron chi connectivity index (χ2n) is 7.40. The first-order chi connectivity index (χ1) is 14.6. The van der Waals surface area contributed by atoms with Crippen LogP contribution in [0.5, 0.6) is 0 Å². The molecule has 1 heterocycles. The zero-order chi connectivity index (χ0) is 25.0. The van der Waals surface area contributed by atoms with Crippen LogP contribution in [-0.4, -0.2) is 42.7 Å². The Labute approximate surface area is 180 Å². The third-order valence-electron chi connectivity index (χ3n) is 3.96. The summed E-state index contributed by atoms with van der Waals surface area (Å²) >= 11 is 0. The maximum atomic E-state index is 13.7. The zero-order valence-corrected chi connectivity index (χ0v) is 17.9. The Morgan fingerprint density at radius 2 is 1.53 bits per heavy atom. The maximum Gasteiger partial charge on any atom is 0.434 e. The number of alkyl halides is 5. The molecular formula is C20H22F5NO6. The van der Waals surface area contributed by atoms with Crippen molar-refractivity contribution in [2.75, 3.05) is 14.2 Å². The number of nitrogens with zero attached hydrogens (tertiary/aromatic N) is 1. The van der Waals surface area contributed by atoms with Gasteiger partial charge in [-0.2, -0.15) is 13.2 Å². The van der Waals surface area contributed by atoms with Crippen LogP contribution >= 0.6 is 0 Å². The quantitative estimate of drug-likeness (QED) is 0.250. The van der Waals surface area contributed by atoms with Gasteiger partial charge in [-0.25, -0.2) is 23.4 Å². The van der Waals surface area contributed by atoms with Crippen LogP contribution in [0, 0.1) is 0 Å². The number of aromatic nitrogens is 1. The van der Waals surface area contributed by atoms with E-state index in [1.165, 1.54) is 20.8 Å². The van der Waals surface area contributed by atoms with Gasteiger partial charge in [0.15, 0.2) is 5.69 Å². The highest BCUT2D eigenvalue weighted by atomic mass is 19.4. The van der Waals surface area contributed by atoms with Crippen LogP contribution in [0.15, 0.2) is 12.7 Å². The zero-order valence-electron chi connectivity index (χ0n) is 17.9. The Morgan fingerprint density at radius 3 is 1.91 bits per heavy atom. The summed E-state index contributed by atoms with van der Waals surface area (Å²) in [7, 11) is 1.52. The summed E-state index contributed by atoms with van der Waals surface area (Å²) in [6, 6.07) is 0. The lowest BCUT2D eigenvalue weighted by atomic mass is 9.85. The molecule has 7 nitrogen and oxygen atoms in total. The molecule has 0 aromatic carbocycles. The fourth-order valence-corrected chi connectivity index (χ4v) is 2.83. The van der Waals surface area contributed by atoms with Crippen molar-refractivity contribution in [1.82, 2.24) is 4.98 Å². The number of rotatable bonds is 7. The van der Waals surface area contributed by atoms with E-state index in [0.717, 1.165) is 20.3 Å². The molecule has 1 aromatic rings. The molecule has 1 atom stereocenters. The van der Waals surface area contributed by atoms with Crippen molar-refractivity contribution in [3.63, 3.8) is 0 Å². The Balaban J connectivity index is 4.28. The van der Waals surface area contributed by atoms with Crippen LogP contribution in [-0.2, 0) is 25.2 Å². The largest absolute Gasteiger partial charge is 0.465 e. The number of hydrogen-bond acceptors (Lipinski definition) is 7. The lowest BCUT2D eigenvalue weighted by Gasteiger charge is -2.27. The Hall–Kier alpha value is -3.05. The second-order valence-corrected chi connectivity index (χ2v) is 7.40. The minimum atomic E-state index is -5.41. The molecule has 1 rings (SSSR count). The standard InChI is InChI=1S/C20H22F5NO6/c1-7-8-9(16(27)32-19(2,3)4)10-11(17(28)30-5)13(15(21)22)26-14(20(23,24)25)12(10)18(29)31-6/h7,9,15H,1,8H2,2-6H3. The molecule has 178 valence electrons. The number of halogens is 5. The average Bonchev–Trinajstić information content (AvgIpc) is 2.67. The van der Waals surface area contributed by atoms with Crippen LogP contribution in [0.2, 0.25) is 0 Å². The van der Waals surface area contributed by atoms with Crippen molar-refractivity contribution in [1.29, 1.82) is 0 Å². The summed E-state index contributed by atoms with van der Waals surface area (Å²) in [5.41, 5.74) is -8.31. The highest BCUT2D eigenvalue weighted by Gasteiger charge is 2.46. The molecular weight excluding hydrogens is 445 g/mol. The Kier molecular flexibility index (Phi) is 8.47. The van der Waals surface area contributed by atoms with Gasteiger partial charge in [0.2, 0.25) is 0 Å². The van der Waals surface area contributed by atoms with E-state index in [1.54, 1.807) is 0 Å². The molecule has 12 heteroatoms. The summed E-state index contributed by atoms with van der Waals surface area (Å²) in [5.74, 6) is -6.17. The SMILES string of the molecule is C=CCC(C(=O)OC(C)(C)C)c1c(C(=O)OC)c(C(F)F)nc(C(F)(F)F)c1C(=O)OC. The average molecular weight is 467 g/mol. The van der Waals surface area contributed by atoms with Gasteiger partial charge in [-0.15, -0.1) is 6.58 Å². The van der Waals surface area contributed by atoms with Gasteiger partial charge in [0.1, 0.15) is 11.3 Å². The molecule has 0 amide bonds. The van der Waals surface area contributed by atoms with Crippen molar-refractivity contribution in [3.8, 4) is 0 Å². The summed E-state index contributed by atoms with van der Waals surface area (Å²) in [5, 5.41) is 0. The van der Waals surface area contributed by atoms with E-state index in [0.29, 0.717) is 0 Å². The predicted octanol–water partition coefficient (Wildman–Crippen LogP) is 4.61. The van der Waals surface area contributed by atoms with E-state index >= 15 is 0 Å². The molecule has 1 aromatic heterocycles. The molecule has 0 aliphatic carbocycles. The van der Waals surface area contributed by atoms with E-state index in [-0.39, 0.29) is 0 Å². The first kappa shape index (κ1) is 27.0. The predicted molar refractivity (Wildman–Crippen MR) is 100 cm³/mol. The fraction of sp³-hybridized carbons (Fsp3) is 0.500. The van der Waals surface area contributed by atoms with Gasteiger partial charge in [0.25, 0.3) is 6.43 Å². The van der Waals surface area contributed by atoms with E-state index in [2.05, 4.69) is 21.0 Å². The van der Waals surface area contributed by atoms with E-state index in [9.17, 15) is 36.3 Å². The highest BCUT2D eigenvalue weighted by molar-refractivity contribution is 6.02. The smallest absolute Gasteiger partial charge is 0.434 e. The molecule has 0 saturated heterocycles. The molecule has 0 spiro atoms. The summed E-state index contributed by atoms with van der Waals surface area (Å²) in [4.78, 5) is 40.5. The Bertz CT molecular complexity index is 905. The van der Waals surface area contributed by atoms with Gasteiger partial charge < -0.3 is 14.2 Å². The van der Waals surface area contributed by atoms with Crippen LogP contribution in [0.25, 0.3) is 0 Å². The molecule has 32 heavy (non-hydrogen) atoms. The van der Waals surface area contributed by atoms with E-state index in [1.807, 2.05) is 0 Å². The van der Waals surface area contributed by atoms with E-state index < -0.39 is 76.5 Å². The van der Waals surface area contributed by atoms with Gasteiger partial charge in [-0.05, 0) is 32.8 Å². The minimum absolute atomic E-state index is 0.465. The van der Waals surface area contributed by atoms with Crippen molar-refractivity contribution in [2.24, 2.45) is 0 Å². The third-order valence-corrected chi connectivity index (χ3v) is 3.96. The number of esters is 3. The van der Waals surface area contributed by atoms with Crippen molar-refractivity contribution >= 4 is 17.9 Å². The number of pyridine rings is 1. The van der Waals surface area contributed by atoms with Crippen LogP contribution < -0.4 is 0 Å². The number of hydrogen-bond donors (Lipinski definition) is 0. The van der Waals surface area contributed by atoms with Gasteiger partial charge in [0.05, 0.1) is 31.3 Å². The monoisotopic (exact) mass is 467 g/mol. The normalized spacial score (nSPS) is 12.8. The molecule has 0 saturated carbocycles. The number of ether oxygens (including phenoxy) is 3.